The Balaban J connectivity index is 2.43. The molecule has 0 fully saturated rings. The topological polar surface area (TPSA) is 44.1 Å². The van der Waals surface area contributed by atoms with Crippen molar-refractivity contribution < 1.29 is 9.53 Å². The van der Waals surface area contributed by atoms with E-state index in [-0.39, 0.29) is 5.78 Å². The molecule has 0 spiro atoms. The minimum absolute atomic E-state index is 0.00945. The van der Waals surface area contributed by atoms with E-state index in [9.17, 15) is 4.79 Å². The summed E-state index contributed by atoms with van der Waals surface area (Å²) in [5.41, 5.74) is 2.33. The molecule has 0 radical (unpaired) electrons. The molecule has 1 heterocycles. The van der Waals surface area contributed by atoms with Gasteiger partial charge in [-0.1, -0.05) is 12.1 Å². The summed E-state index contributed by atoms with van der Waals surface area (Å²) in [4.78, 5) is 11.5. The summed E-state index contributed by atoms with van der Waals surface area (Å²) in [6.07, 6.45) is 0. The lowest BCUT2D eigenvalue weighted by Crippen LogP contribution is -1.98. The van der Waals surface area contributed by atoms with Gasteiger partial charge in [-0.3, -0.25) is 9.48 Å². The van der Waals surface area contributed by atoms with Crippen LogP contribution in [0.15, 0.2) is 24.3 Å². The number of carbonyl (C=O) groups is 1. The minimum Gasteiger partial charge on any atom is -0.453 e. The van der Waals surface area contributed by atoms with Crippen molar-refractivity contribution in [2.24, 2.45) is 7.05 Å². The van der Waals surface area contributed by atoms with E-state index >= 15 is 0 Å². The van der Waals surface area contributed by atoms with Crippen LogP contribution in [-0.4, -0.2) is 15.6 Å². The number of hydrogen-bond donors (Lipinski definition) is 0. The van der Waals surface area contributed by atoms with Gasteiger partial charge in [0, 0.05) is 7.05 Å². The number of ether oxygens (including phenoxy) is 1. The van der Waals surface area contributed by atoms with E-state index in [1.54, 1.807) is 16.8 Å². The lowest BCUT2D eigenvalue weighted by molar-refractivity contribution is 0.101. The van der Waals surface area contributed by atoms with Gasteiger partial charge in [0.2, 0.25) is 0 Å². The van der Waals surface area contributed by atoms with Crippen LogP contribution < -0.4 is 4.74 Å². The Labute approximate surface area is 106 Å². The van der Waals surface area contributed by atoms with E-state index in [0.717, 1.165) is 11.4 Å². The number of Topliss-reactive ketones (excluding diaryl/α,β-unsaturated/α-hetero) is 1. The number of rotatable bonds is 3. The summed E-state index contributed by atoms with van der Waals surface area (Å²) in [5.74, 6) is 1.28. The maximum absolute atomic E-state index is 11.5. The highest BCUT2D eigenvalue weighted by molar-refractivity contribution is 5.96. The second-order valence-corrected chi connectivity index (χ2v) is 4.28. The van der Waals surface area contributed by atoms with E-state index < -0.39 is 0 Å². The average Bonchev–Trinajstić information content (AvgIpc) is 2.56. The first kappa shape index (κ1) is 12.4. The fourth-order valence-corrected chi connectivity index (χ4v) is 1.86. The van der Waals surface area contributed by atoms with Gasteiger partial charge in [-0.15, -0.1) is 0 Å². The van der Waals surface area contributed by atoms with Gasteiger partial charge < -0.3 is 4.74 Å². The maximum atomic E-state index is 11.5. The number of hydrogen-bond acceptors (Lipinski definition) is 3. The van der Waals surface area contributed by atoms with Crippen LogP contribution in [0.25, 0.3) is 0 Å². The van der Waals surface area contributed by atoms with Crippen molar-refractivity contribution in [3.05, 3.63) is 41.2 Å². The molecule has 0 saturated carbocycles. The van der Waals surface area contributed by atoms with Crippen LogP contribution in [-0.2, 0) is 7.05 Å². The van der Waals surface area contributed by atoms with Gasteiger partial charge in [0.05, 0.1) is 11.3 Å². The molecule has 0 aliphatic rings. The Morgan fingerprint density at radius 1 is 1.28 bits per heavy atom. The van der Waals surface area contributed by atoms with Gasteiger partial charge in [-0.2, -0.15) is 5.10 Å². The number of ketones is 1. The smallest absolute Gasteiger partial charge is 0.171 e. The van der Waals surface area contributed by atoms with Crippen LogP contribution in [0.5, 0.6) is 11.5 Å². The first-order valence-electron chi connectivity index (χ1n) is 5.78. The quantitative estimate of drug-likeness (QED) is 0.779. The zero-order valence-corrected chi connectivity index (χ0v) is 11.0. The van der Waals surface area contributed by atoms with Crippen molar-refractivity contribution >= 4 is 5.78 Å². The first-order chi connectivity index (χ1) is 8.50. The zero-order valence-electron chi connectivity index (χ0n) is 11.0. The average molecular weight is 244 g/mol. The molecule has 4 nitrogen and oxygen atoms in total. The standard InChI is InChI=1S/C14H16N2O2/c1-9-14(10(2)16(4)15-9)18-13-8-6-5-7-12(13)11(3)17/h5-8H,1-4H3. The van der Waals surface area contributed by atoms with Crippen LogP contribution in [0.4, 0.5) is 0 Å². The second-order valence-electron chi connectivity index (χ2n) is 4.28. The number of aromatic nitrogens is 2. The largest absolute Gasteiger partial charge is 0.453 e. The summed E-state index contributed by atoms with van der Waals surface area (Å²) in [5, 5.41) is 4.29. The van der Waals surface area contributed by atoms with Crippen LogP contribution in [0.3, 0.4) is 0 Å². The van der Waals surface area contributed by atoms with Crippen LogP contribution >= 0.6 is 0 Å². The van der Waals surface area contributed by atoms with E-state index in [2.05, 4.69) is 5.10 Å². The Kier molecular flexibility index (Phi) is 3.19. The number of carbonyl (C=O) groups excluding carboxylic acids is 1. The summed E-state index contributed by atoms with van der Waals surface area (Å²) in [6, 6.07) is 7.23. The van der Waals surface area contributed by atoms with Crippen molar-refractivity contribution in [2.45, 2.75) is 20.8 Å². The molecule has 0 bridgehead atoms. The highest BCUT2D eigenvalue weighted by Gasteiger charge is 2.14. The predicted molar refractivity (Wildman–Crippen MR) is 69.2 cm³/mol. The maximum Gasteiger partial charge on any atom is 0.171 e. The van der Waals surface area contributed by atoms with Gasteiger partial charge in [0.1, 0.15) is 11.4 Å². The molecule has 18 heavy (non-hydrogen) atoms. The van der Waals surface area contributed by atoms with Crippen LogP contribution in [0, 0.1) is 13.8 Å². The fraction of sp³-hybridized carbons (Fsp3) is 0.286. The Morgan fingerprint density at radius 2 is 1.94 bits per heavy atom. The molecule has 1 aromatic carbocycles. The second kappa shape index (κ2) is 4.64. The third-order valence-corrected chi connectivity index (χ3v) is 2.92. The van der Waals surface area contributed by atoms with Crippen molar-refractivity contribution in [3.8, 4) is 11.5 Å². The minimum atomic E-state index is -0.00945. The Hall–Kier alpha value is -2.10. The van der Waals surface area contributed by atoms with Crippen molar-refractivity contribution in [1.29, 1.82) is 0 Å². The molecule has 0 unspecified atom stereocenters. The molecule has 0 amide bonds. The molecule has 94 valence electrons. The third kappa shape index (κ3) is 2.14. The summed E-state index contributed by atoms with van der Waals surface area (Å²) in [7, 11) is 1.87. The van der Waals surface area contributed by atoms with Gasteiger partial charge in [-0.25, -0.2) is 0 Å². The highest BCUT2D eigenvalue weighted by atomic mass is 16.5. The van der Waals surface area contributed by atoms with Gasteiger partial charge in [0.15, 0.2) is 11.5 Å². The van der Waals surface area contributed by atoms with Gasteiger partial charge >= 0.3 is 0 Å². The Morgan fingerprint density at radius 3 is 2.50 bits per heavy atom. The van der Waals surface area contributed by atoms with E-state index in [0.29, 0.717) is 17.1 Å². The molecule has 0 atom stereocenters. The van der Waals surface area contributed by atoms with Gasteiger partial charge in [0.25, 0.3) is 0 Å². The van der Waals surface area contributed by atoms with E-state index in [1.165, 1.54) is 6.92 Å². The molecular formula is C14H16N2O2. The highest BCUT2D eigenvalue weighted by Crippen LogP contribution is 2.30. The molecule has 2 rings (SSSR count). The Bertz CT molecular complexity index is 600. The lowest BCUT2D eigenvalue weighted by atomic mass is 10.1. The monoisotopic (exact) mass is 244 g/mol. The number of nitrogens with zero attached hydrogens (tertiary/aromatic N) is 2. The summed E-state index contributed by atoms with van der Waals surface area (Å²) in [6.45, 7) is 5.36. The normalized spacial score (nSPS) is 10.4. The molecule has 0 N–H and O–H groups in total. The van der Waals surface area contributed by atoms with Crippen molar-refractivity contribution in [2.75, 3.05) is 0 Å². The van der Waals surface area contributed by atoms with E-state index in [4.69, 9.17) is 4.74 Å². The van der Waals surface area contributed by atoms with Crippen molar-refractivity contribution in [1.82, 2.24) is 9.78 Å². The first-order valence-corrected chi connectivity index (χ1v) is 5.78. The number of benzene rings is 1. The van der Waals surface area contributed by atoms with E-state index in [1.807, 2.05) is 33.0 Å². The van der Waals surface area contributed by atoms with Crippen LogP contribution in [0.1, 0.15) is 28.7 Å². The molecule has 4 heteroatoms. The SMILES string of the molecule is CC(=O)c1ccccc1Oc1c(C)nn(C)c1C. The molecule has 0 aliphatic carbocycles. The lowest BCUT2D eigenvalue weighted by Gasteiger charge is -2.09. The molecular weight excluding hydrogens is 228 g/mol. The molecule has 2 aromatic rings. The van der Waals surface area contributed by atoms with Gasteiger partial charge in [-0.05, 0) is 32.9 Å². The predicted octanol–water partition coefficient (Wildman–Crippen LogP) is 3.03. The summed E-state index contributed by atoms with van der Waals surface area (Å²) < 4.78 is 7.61. The fourth-order valence-electron chi connectivity index (χ4n) is 1.86. The third-order valence-electron chi connectivity index (χ3n) is 2.92. The molecule has 0 saturated heterocycles. The molecule has 1 aromatic heterocycles. The van der Waals surface area contributed by atoms with Crippen molar-refractivity contribution in [3.63, 3.8) is 0 Å². The molecule has 0 aliphatic heterocycles. The summed E-state index contributed by atoms with van der Waals surface area (Å²) >= 11 is 0. The number of para-hydroxylation sites is 1. The number of aryl methyl sites for hydroxylation is 2. The van der Waals surface area contributed by atoms with Crippen LogP contribution in [0.2, 0.25) is 0 Å². The zero-order chi connectivity index (χ0) is 13.3.